The third-order valence-corrected chi connectivity index (χ3v) is 6.86. The van der Waals surface area contributed by atoms with Crippen LogP contribution >= 0.6 is 11.6 Å². The molecule has 1 aliphatic heterocycles. The Bertz CT molecular complexity index is 1220. The largest absolute Gasteiger partial charge is 0.377 e. The minimum absolute atomic E-state index is 0.242. The molecule has 4 heterocycles. The standard InChI is InChI=1S/C24H26ClF2N7O2/c25-21-20-15(7-8-28-21)3-6-19(34-20)32-17-4-1-14(2-5-17)9-29-23-30-10-16(11-31-23)24(26,27)22(35)33-18-12-36-13-18/h3,6-8,10-11,14,17-18H,1-2,4-5,9,12-13H2,(H,32,34)(H,33,35)(H,29,30,31)/t14-,17-. The maximum absolute atomic E-state index is 14.4. The number of carbonyl (C=O) groups is 1. The van der Waals surface area contributed by atoms with Crippen molar-refractivity contribution in [1.29, 1.82) is 0 Å². The summed E-state index contributed by atoms with van der Waals surface area (Å²) in [5.74, 6) is -3.63. The molecule has 2 aliphatic rings. The third kappa shape index (κ3) is 5.46. The lowest BCUT2D eigenvalue weighted by Crippen LogP contribution is -2.52. The number of hydrogen-bond donors (Lipinski definition) is 3. The molecule has 0 aromatic carbocycles. The van der Waals surface area contributed by atoms with Crippen LogP contribution in [0.2, 0.25) is 5.15 Å². The summed E-state index contributed by atoms with van der Waals surface area (Å²) < 4.78 is 33.7. The fourth-order valence-corrected chi connectivity index (χ4v) is 4.57. The predicted octanol–water partition coefficient (Wildman–Crippen LogP) is 3.76. The Morgan fingerprint density at radius 3 is 2.50 bits per heavy atom. The second-order valence-corrected chi connectivity index (χ2v) is 9.55. The van der Waals surface area contributed by atoms with Crippen molar-refractivity contribution >= 4 is 40.2 Å². The van der Waals surface area contributed by atoms with Crippen LogP contribution in [0.15, 0.2) is 36.8 Å². The van der Waals surface area contributed by atoms with E-state index in [0.717, 1.165) is 49.3 Å². The molecule has 1 aliphatic carbocycles. The number of carbonyl (C=O) groups excluding carboxylic acids is 1. The molecule has 3 aromatic heterocycles. The molecule has 0 unspecified atom stereocenters. The second-order valence-electron chi connectivity index (χ2n) is 9.19. The summed E-state index contributed by atoms with van der Waals surface area (Å²) in [5.41, 5.74) is 0.135. The van der Waals surface area contributed by atoms with Gasteiger partial charge in [0.2, 0.25) is 5.95 Å². The normalized spacial score (nSPS) is 20.5. The van der Waals surface area contributed by atoms with Crippen molar-refractivity contribution in [2.45, 2.75) is 43.7 Å². The highest BCUT2D eigenvalue weighted by Gasteiger charge is 2.43. The SMILES string of the molecule is O=C(NC1COC1)C(F)(F)c1cnc(NC[C@H]2CC[C@H](Nc3ccc4ccnc(Cl)c4n3)CC2)nc1. The lowest BCUT2D eigenvalue weighted by molar-refractivity contribution is -0.151. The molecule has 5 rings (SSSR count). The summed E-state index contributed by atoms with van der Waals surface area (Å²) in [6, 6.07) is 5.72. The van der Waals surface area contributed by atoms with Crippen LogP contribution < -0.4 is 16.0 Å². The molecule has 9 nitrogen and oxygen atoms in total. The van der Waals surface area contributed by atoms with Crippen molar-refractivity contribution in [3.05, 3.63) is 47.5 Å². The van der Waals surface area contributed by atoms with Crippen LogP contribution in [0.3, 0.4) is 0 Å². The van der Waals surface area contributed by atoms with Gasteiger partial charge in [-0.3, -0.25) is 4.79 Å². The van der Waals surface area contributed by atoms with Crippen molar-refractivity contribution in [1.82, 2.24) is 25.3 Å². The van der Waals surface area contributed by atoms with Gasteiger partial charge in [-0.1, -0.05) is 11.6 Å². The van der Waals surface area contributed by atoms with Gasteiger partial charge in [-0.05, 0) is 49.8 Å². The third-order valence-electron chi connectivity index (χ3n) is 6.58. The first-order valence-corrected chi connectivity index (χ1v) is 12.3. The first kappa shape index (κ1) is 24.5. The molecule has 12 heteroatoms. The van der Waals surface area contributed by atoms with Gasteiger partial charge in [0.25, 0.3) is 5.91 Å². The smallest absolute Gasteiger partial charge is 0.352 e. The van der Waals surface area contributed by atoms with Gasteiger partial charge in [0.1, 0.15) is 11.3 Å². The van der Waals surface area contributed by atoms with Crippen molar-refractivity contribution in [3.63, 3.8) is 0 Å². The Labute approximate surface area is 211 Å². The number of alkyl halides is 2. The molecule has 0 bridgehead atoms. The fraction of sp³-hybridized carbons (Fsp3) is 0.458. The Hall–Kier alpha value is -3.18. The lowest BCUT2D eigenvalue weighted by atomic mass is 9.86. The van der Waals surface area contributed by atoms with Crippen LogP contribution in [0.25, 0.3) is 10.9 Å². The second kappa shape index (κ2) is 10.4. The van der Waals surface area contributed by atoms with Gasteiger partial charge in [0, 0.05) is 36.6 Å². The Morgan fingerprint density at radius 2 is 1.81 bits per heavy atom. The number of ether oxygens (including phenoxy) is 1. The van der Waals surface area contributed by atoms with Gasteiger partial charge in [-0.25, -0.2) is 19.9 Å². The zero-order valence-corrected chi connectivity index (χ0v) is 20.1. The number of rotatable bonds is 8. The van der Waals surface area contributed by atoms with Crippen molar-refractivity contribution in [3.8, 4) is 0 Å². The molecule has 2 fully saturated rings. The van der Waals surface area contributed by atoms with E-state index in [-0.39, 0.29) is 25.2 Å². The van der Waals surface area contributed by atoms with Crippen LogP contribution in [0, 0.1) is 5.92 Å². The summed E-state index contributed by atoms with van der Waals surface area (Å²) in [7, 11) is 0. The number of hydrogen-bond acceptors (Lipinski definition) is 8. The van der Waals surface area contributed by atoms with Crippen LogP contribution in [0.5, 0.6) is 0 Å². The Kier molecular flexibility index (Phi) is 7.10. The van der Waals surface area contributed by atoms with Gasteiger partial charge in [0.15, 0.2) is 5.15 Å². The molecule has 1 saturated carbocycles. The number of halogens is 3. The number of fused-ring (bicyclic) bond motifs is 1. The van der Waals surface area contributed by atoms with Crippen molar-refractivity contribution in [2.24, 2.45) is 5.92 Å². The van der Waals surface area contributed by atoms with Crippen LogP contribution in [0.4, 0.5) is 20.5 Å². The van der Waals surface area contributed by atoms with E-state index in [9.17, 15) is 13.6 Å². The molecular weight excluding hydrogens is 492 g/mol. The van der Waals surface area contributed by atoms with Gasteiger partial charge < -0.3 is 20.7 Å². The van der Waals surface area contributed by atoms with Crippen molar-refractivity contribution in [2.75, 3.05) is 30.4 Å². The van der Waals surface area contributed by atoms with E-state index in [0.29, 0.717) is 29.2 Å². The van der Waals surface area contributed by atoms with Gasteiger partial charge in [-0.15, -0.1) is 0 Å². The van der Waals surface area contributed by atoms with Crippen LogP contribution in [-0.2, 0) is 15.5 Å². The van der Waals surface area contributed by atoms with E-state index in [1.165, 1.54) is 0 Å². The Morgan fingerprint density at radius 1 is 1.06 bits per heavy atom. The minimum atomic E-state index is -3.71. The first-order valence-electron chi connectivity index (χ1n) is 11.9. The summed E-state index contributed by atoms with van der Waals surface area (Å²) in [5, 5.41) is 10.2. The molecule has 3 aromatic rings. The maximum Gasteiger partial charge on any atom is 0.352 e. The highest BCUT2D eigenvalue weighted by atomic mass is 35.5. The molecule has 0 spiro atoms. The number of anilines is 2. The average molecular weight is 518 g/mol. The molecule has 0 atom stereocenters. The zero-order valence-electron chi connectivity index (χ0n) is 19.4. The van der Waals surface area contributed by atoms with E-state index in [1.807, 2.05) is 18.2 Å². The summed E-state index contributed by atoms with van der Waals surface area (Å²) in [4.78, 5) is 28.6. The topological polar surface area (TPSA) is 114 Å². The molecule has 1 saturated heterocycles. The average Bonchev–Trinajstić information content (AvgIpc) is 2.86. The first-order chi connectivity index (χ1) is 17.4. The predicted molar refractivity (Wildman–Crippen MR) is 131 cm³/mol. The summed E-state index contributed by atoms with van der Waals surface area (Å²) in [6.45, 7) is 1.12. The van der Waals surface area contributed by atoms with E-state index in [4.69, 9.17) is 16.3 Å². The fourth-order valence-electron chi connectivity index (χ4n) is 4.36. The molecular formula is C24H26ClF2N7O2. The maximum atomic E-state index is 14.4. The summed E-state index contributed by atoms with van der Waals surface area (Å²) >= 11 is 6.17. The monoisotopic (exact) mass is 517 g/mol. The number of nitrogens with one attached hydrogen (secondary N) is 3. The number of amides is 1. The van der Waals surface area contributed by atoms with E-state index < -0.39 is 17.4 Å². The van der Waals surface area contributed by atoms with Crippen LogP contribution in [0.1, 0.15) is 31.2 Å². The van der Waals surface area contributed by atoms with Crippen molar-refractivity contribution < 1.29 is 18.3 Å². The van der Waals surface area contributed by atoms with E-state index >= 15 is 0 Å². The highest BCUT2D eigenvalue weighted by molar-refractivity contribution is 6.33. The zero-order chi connectivity index (χ0) is 25.1. The van der Waals surface area contributed by atoms with Gasteiger partial charge in [0.05, 0.1) is 24.8 Å². The Balaban J connectivity index is 1.08. The number of pyridine rings is 2. The van der Waals surface area contributed by atoms with Gasteiger partial charge >= 0.3 is 5.92 Å². The minimum Gasteiger partial charge on any atom is -0.377 e. The number of aromatic nitrogens is 4. The van der Waals surface area contributed by atoms with E-state index in [2.05, 4.69) is 35.9 Å². The molecule has 1 amide bonds. The molecule has 190 valence electrons. The highest BCUT2D eigenvalue weighted by Crippen LogP contribution is 2.29. The lowest BCUT2D eigenvalue weighted by Gasteiger charge is -2.29. The van der Waals surface area contributed by atoms with Crippen LogP contribution in [-0.4, -0.2) is 57.7 Å². The quantitative estimate of drug-likeness (QED) is 0.387. The summed E-state index contributed by atoms with van der Waals surface area (Å²) in [6.07, 6.45) is 7.56. The van der Waals surface area contributed by atoms with Gasteiger partial charge in [-0.2, -0.15) is 8.78 Å². The number of nitrogens with zero attached hydrogens (tertiary/aromatic N) is 4. The molecule has 0 radical (unpaired) electrons. The molecule has 36 heavy (non-hydrogen) atoms. The molecule has 3 N–H and O–H groups in total. The van der Waals surface area contributed by atoms with E-state index in [1.54, 1.807) is 6.20 Å².